The number of carbonyl (C=O) groups is 2. The maximum Gasteiger partial charge on any atom is 0.387 e. The largest absolute Gasteiger partial charge is 0.459 e. The van der Waals surface area contributed by atoms with Crippen LogP contribution in [0.3, 0.4) is 0 Å². The van der Waals surface area contributed by atoms with Gasteiger partial charge in [0.15, 0.2) is 0 Å². The van der Waals surface area contributed by atoms with Crippen molar-refractivity contribution in [3.05, 3.63) is 59.7 Å². The molecule has 0 fully saturated rings. The minimum atomic E-state index is -2.92. The molecule has 0 unspecified atom stereocenters. The number of amides is 1. The molecule has 0 saturated carbocycles. The van der Waals surface area contributed by atoms with Gasteiger partial charge in [-0.2, -0.15) is 8.78 Å². The van der Waals surface area contributed by atoms with Crippen molar-refractivity contribution in [1.29, 1.82) is 0 Å². The summed E-state index contributed by atoms with van der Waals surface area (Å²) < 4.78 is 33.5. The normalized spacial score (nSPS) is 10.6. The van der Waals surface area contributed by atoms with Crippen molar-refractivity contribution in [2.24, 2.45) is 0 Å². The van der Waals surface area contributed by atoms with Gasteiger partial charge in [-0.3, -0.25) is 4.79 Å². The quantitative estimate of drug-likeness (QED) is 0.797. The number of benzene rings is 2. The maximum absolute atomic E-state index is 12.1. The van der Waals surface area contributed by atoms with Gasteiger partial charge in [-0.05, 0) is 62.4 Å². The predicted molar refractivity (Wildman–Crippen MR) is 88.0 cm³/mol. The minimum absolute atomic E-state index is 0.0282. The number of halogens is 2. The van der Waals surface area contributed by atoms with Gasteiger partial charge < -0.3 is 14.8 Å². The van der Waals surface area contributed by atoms with Crippen molar-refractivity contribution >= 4 is 17.6 Å². The molecular formula is C18H17F2NO4. The number of hydrogen-bond acceptors (Lipinski definition) is 4. The zero-order chi connectivity index (χ0) is 18.4. The second-order valence-electron chi connectivity index (χ2n) is 5.39. The fraction of sp³-hybridized carbons (Fsp3) is 0.222. The van der Waals surface area contributed by atoms with Crippen molar-refractivity contribution in [3.8, 4) is 5.75 Å². The molecule has 2 rings (SSSR count). The standard InChI is InChI=1S/C18H17F2NO4/c1-11(2)24-17(23)13-3-7-14(8-4-13)21-16(22)12-5-9-15(10-6-12)25-18(19)20/h3-11,18H,1-2H3,(H,21,22). The summed E-state index contributed by atoms with van der Waals surface area (Å²) in [6.07, 6.45) is -0.219. The van der Waals surface area contributed by atoms with Crippen LogP contribution in [0, 0.1) is 0 Å². The van der Waals surface area contributed by atoms with Crippen molar-refractivity contribution in [2.75, 3.05) is 5.32 Å². The van der Waals surface area contributed by atoms with Crippen LogP contribution in [-0.4, -0.2) is 24.6 Å². The van der Waals surface area contributed by atoms with E-state index in [9.17, 15) is 18.4 Å². The van der Waals surface area contributed by atoms with E-state index < -0.39 is 18.5 Å². The lowest BCUT2D eigenvalue weighted by Gasteiger charge is -2.09. The summed E-state index contributed by atoms with van der Waals surface area (Å²) in [6, 6.07) is 11.5. The number of carbonyl (C=O) groups excluding carboxylic acids is 2. The van der Waals surface area contributed by atoms with Gasteiger partial charge in [0, 0.05) is 11.3 Å². The molecule has 0 aliphatic rings. The average Bonchev–Trinajstić information content (AvgIpc) is 2.55. The first-order valence-electron chi connectivity index (χ1n) is 7.52. The van der Waals surface area contributed by atoms with Gasteiger partial charge in [0.05, 0.1) is 11.7 Å². The van der Waals surface area contributed by atoms with E-state index in [0.29, 0.717) is 11.3 Å². The fourth-order valence-electron chi connectivity index (χ4n) is 1.96. The Balaban J connectivity index is 1.99. The molecule has 132 valence electrons. The highest BCUT2D eigenvalue weighted by molar-refractivity contribution is 6.04. The summed E-state index contributed by atoms with van der Waals surface area (Å²) in [5.41, 5.74) is 1.14. The highest BCUT2D eigenvalue weighted by atomic mass is 19.3. The maximum atomic E-state index is 12.1. The van der Waals surface area contributed by atoms with E-state index in [1.807, 2.05) is 0 Å². The van der Waals surface area contributed by atoms with Crippen LogP contribution < -0.4 is 10.1 Å². The second-order valence-corrected chi connectivity index (χ2v) is 5.39. The zero-order valence-electron chi connectivity index (χ0n) is 13.7. The SMILES string of the molecule is CC(C)OC(=O)c1ccc(NC(=O)c2ccc(OC(F)F)cc2)cc1. The first-order chi connectivity index (χ1) is 11.8. The van der Waals surface area contributed by atoms with E-state index >= 15 is 0 Å². The third-order valence-electron chi connectivity index (χ3n) is 3.06. The first kappa shape index (κ1) is 18.4. The lowest BCUT2D eigenvalue weighted by molar-refractivity contribution is -0.0498. The van der Waals surface area contributed by atoms with Crippen LogP contribution in [0.4, 0.5) is 14.5 Å². The molecule has 0 aliphatic carbocycles. The molecule has 0 radical (unpaired) electrons. The summed E-state index contributed by atoms with van der Waals surface area (Å²) in [7, 11) is 0. The monoisotopic (exact) mass is 349 g/mol. The molecule has 25 heavy (non-hydrogen) atoms. The van der Waals surface area contributed by atoms with E-state index in [-0.39, 0.29) is 17.4 Å². The molecule has 2 aromatic carbocycles. The Morgan fingerprint density at radius 2 is 1.48 bits per heavy atom. The summed E-state index contributed by atoms with van der Waals surface area (Å²) in [5, 5.41) is 2.65. The first-order valence-corrected chi connectivity index (χ1v) is 7.52. The van der Waals surface area contributed by atoms with Crippen LogP contribution in [0.25, 0.3) is 0 Å². The smallest absolute Gasteiger partial charge is 0.387 e. The Bertz CT molecular complexity index is 728. The molecule has 0 atom stereocenters. The molecule has 1 N–H and O–H groups in total. The van der Waals surface area contributed by atoms with Crippen molar-refractivity contribution < 1.29 is 27.8 Å². The Morgan fingerprint density at radius 1 is 0.920 bits per heavy atom. The van der Waals surface area contributed by atoms with E-state index in [1.165, 1.54) is 24.3 Å². The number of nitrogens with one attached hydrogen (secondary N) is 1. The van der Waals surface area contributed by atoms with Crippen LogP contribution in [0.5, 0.6) is 5.75 Å². The van der Waals surface area contributed by atoms with Crippen LogP contribution in [0.2, 0.25) is 0 Å². The Hall–Kier alpha value is -2.96. The van der Waals surface area contributed by atoms with Crippen LogP contribution in [0.15, 0.2) is 48.5 Å². The highest BCUT2D eigenvalue weighted by Gasteiger charge is 2.11. The summed E-state index contributed by atoms with van der Waals surface area (Å²) in [4.78, 5) is 23.9. The third-order valence-corrected chi connectivity index (χ3v) is 3.06. The number of anilines is 1. The van der Waals surface area contributed by atoms with Gasteiger partial charge in [-0.25, -0.2) is 4.79 Å². The van der Waals surface area contributed by atoms with Gasteiger partial charge in [0.1, 0.15) is 5.75 Å². The Morgan fingerprint density at radius 3 is 2.00 bits per heavy atom. The van der Waals surface area contributed by atoms with Crippen molar-refractivity contribution in [3.63, 3.8) is 0 Å². The average molecular weight is 349 g/mol. The molecule has 0 heterocycles. The third kappa shape index (κ3) is 5.56. The number of alkyl halides is 2. The van der Waals surface area contributed by atoms with E-state index in [4.69, 9.17) is 4.74 Å². The predicted octanol–water partition coefficient (Wildman–Crippen LogP) is 4.11. The van der Waals surface area contributed by atoms with Gasteiger partial charge in [-0.1, -0.05) is 0 Å². The molecule has 1 amide bonds. The molecule has 0 bridgehead atoms. The number of hydrogen-bond donors (Lipinski definition) is 1. The van der Waals surface area contributed by atoms with Gasteiger partial charge in [0.25, 0.3) is 5.91 Å². The Labute approximate surface area is 143 Å². The molecule has 2 aromatic rings. The van der Waals surface area contributed by atoms with Crippen LogP contribution >= 0.6 is 0 Å². The summed E-state index contributed by atoms with van der Waals surface area (Å²) in [5.74, 6) is -0.886. The van der Waals surface area contributed by atoms with E-state index in [2.05, 4.69) is 10.1 Å². The number of ether oxygens (including phenoxy) is 2. The van der Waals surface area contributed by atoms with E-state index in [0.717, 1.165) is 0 Å². The van der Waals surface area contributed by atoms with Crippen molar-refractivity contribution in [1.82, 2.24) is 0 Å². The molecule has 0 aliphatic heterocycles. The molecule has 5 nitrogen and oxygen atoms in total. The lowest BCUT2D eigenvalue weighted by Crippen LogP contribution is -2.13. The van der Waals surface area contributed by atoms with Crippen molar-refractivity contribution in [2.45, 2.75) is 26.6 Å². The number of rotatable bonds is 6. The molecule has 0 aromatic heterocycles. The Kier molecular flexibility index (Phi) is 6.05. The molecule has 7 heteroatoms. The van der Waals surface area contributed by atoms with Gasteiger partial charge >= 0.3 is 12.6 Å². The molecule has 0 spiro atoms. The highest BCUT2D eigenvalue weighted by Crippen LogP contribution is 2.17. The van der Waals surface area contributed by atoms with Gasteiger partial charge in [-0.15, -0.1) is 0 Å². The van der Waals surface area contributed by atoms with Crippen LogP contribution in [0.1, 0.15) is 34.6 Å². The van der Waals surface area contributed by atoms with Crippen LogP contribution in [-0.2, 0) is 4.74 Å². The minimum Gasteiger partial charge on any atom is -0.459 e. The fourth-order valence-corrected chi connectivity index (χ4v) is 1.96. The molecular weight excluding hydrogens is 332 g/mol. The second kappa shape index (κ2) is 8.23. The van der Waals surface area contributed by atoms with E-state index in [1.54, 1.807) is 38.1 Å². The number of esters is 1. The molecule has 0 saturated heterocycles. The zero-order valence-corrected chi connectivity index (χ0v) is 13.7. The lowest BCUT2D eigenvalue weighted by atomic mass is 10.1. The van der Waals surface area contributed by atoms with Gasteiger partial charge in [0.2, 0.25) is 0 Å². The summed E-state index contributed by atoms with van der Waals surface area (Å²) >= 11 is 0. The topological polar surface area (TPSA) is 64.6 Å². The summed E-state index contributed by atoms with van der Waals surface area (Å²) in [6.45, 7) is 0.592.